The van der Waals surface area contributed by atoms with Crippen molar-refractivity contribution in [3.63, 3.8) is 0 Å². The van der Waals surface area contributed by atoms with Crippen molar-refractivity contribution >= 4 is 11.3 Å². The zero-order chi connectivity index (χ0) is 12.7. The van der Waals surface area contributed by atoms with Gasteiger partial charge >= 0.3 is 0 Å². The number of nitrogens with zero attached hydrogens (tertiary/aromatic N) is 3. The molecular formula is C14H14N4. The fraction of sp³-hybridized carbons (Fsp3) is 0.143. The van der Waals surface area contributed by atoms with Gasteiger partial charge in [0, 0.05) is 17.4 Å². The van der Waals surface area contributed by atoms with E-state index in [1.54, 1.807) is 0 Å². The number of fused-ring (bicyclic) bond motifs is 1. The summed E-state index contributed by atoms with van der Waals surface area (Å²) in [6.07, 6.45) is 1.97. The van der Waals surface area contributed by atoms with Crippen LogP contribution >= 0.6 is 0 Å². The van der Waals surface area contributed by atoms with E-state index in [1.807, 2.05) is 54.8 Å². The minimum absolute atomic E-state index is 0.718. The second-order valence-corrected chi connectivity index (χ2v) is 4.55. The van der Waals surface area contributed by atoms with Gasteiger partial charge in [-0.3, -0.25) is 4.40 Å². The first kappa shape index (κ1) is 10.8. The van der Waals surface area contributed by atoms with Gasteiger partial charge in [0.2, 0.25) is 0 Å². The van der Waals surface area contributed by atoms with E-state index in [2.05, 4.69) is 10.2 Å². The van der Waals surface area contributed by atoms with Crippen molar-refractivity contribution in [1.29, 1.82) is 0 Å². The number of aromatic nitrogens is 3. The second-order valence-electron chi connectivity index (χ2n) is 4.55. The van der Waals surface area contributed by atoms with Crippen LogP contribution in [0.25, 0.3) is 17.0 Å². The van der Waals surface area contributed by atoms with Gasteiger partial charge in [-0.15, -0.1) is 10.2 Å². The van der Waals surface area contributed by atoms with Crippen LogP contribution in [-0.2, 0) is 0 Å². The van der Waals surface area contributed by atoms with Gasteiger partial charge in [-0.1, -0.05) is 11.6 Å². The van der Waals surface area contributed by atoms with Crippen molar-refractivity contribution < 1.29 is 0 Å². The number of nitrogens with two attached hydrogens (primary N) is 1. The average molecular weight is 238 g/mol. The lowest BCUT2D eigenvalue weighted by atomic mass is 10.1. The minimum atomic E-state index is 0.718. The van der Waals surface area contributed by atoms with Gasteiger partial charge in [0.15, 0.2) is 11.5 Å². The maximum atomic E-state index is 6.02. The average Bonchev–Trinajstić information content (AvgIpc) is 2.75. The van der Waals surface area contributed by atoms with Gasteiger partial charge < -0.3 is 5.73 Å². The maximum Gasteiger partial charge on any atom is 0.170 e. The Hall–Kier alpha value is -2.36. The van der Waals surface area contributed by atoms with Crippen LogP contribution in [0.2, 0.25) is 0 Å². The van der Waals surface area contributed by atoms with Gasteiger partial charge in [0.05, 0.1) is 0 Å². The summed E-state index contributed by atoms with van der Waals surface area (Å²) in [5.41, 5.74) is 10.8. The number of hydrogen-bond donors (Lipinski definition) is 1. The standard InChI is InChI=1S/C14H14N4/c1-9-3-4-12(15)11(7-9)14-17-16-13-8-10(2)5-6-18(13)14/h3-8H,15H2,1-2H3. The number of anilines is 1. The monoisotopic (exact) mass is 238 g/mol. The molecule has 18 heavy (non-hydrogen) atoms. The predicted octanol–water partition coefficient (Wildman–Crippen LogP) is 2.60. The van der Waals surface area contributed by atoms with Crippen LogP contribution in [0, 0.1) is 13.8 Å². The van der Waals surface area contributed by atoms with E-state index >= 15 is 0 Å². The third-order valence-electron chi connectivity index (χ3n) is 3.02. The van der Waals surface area contributed by atoms with Crippen molar-refractivity contribution in [3.8, 4) is 11.4 Å². The van der Waals surface area contributed by atoms with Crippen molar-refractivity contribution in [2.45, 2.75) is 13.8 Å². The van der Waals surface area contributed by atoms with Crippen molar-refractivity contribution in [1.82, 2.24) is 14.6 Å². The second kappa shape index (κ2) is 3.84. The Morgan fingerprint density at radius 2 is 1.78 bits per heavy atom. The molecule has 2 N–H and O–H groups in total. The number of pyridine rings is 1. The first-order valence-corrected chi connectivity index (χ1v) is 5.83. The highest BCUT2D eigenvalue weighted by Gasteiger charge is 2.10. The molecule has 0 unspecified atom stereocenters. The van der Waals surface area contributed by atoms with Crippen LogP contribution in [-0.4, -0.2) is 14.6 Å². The lowest BCUT2D eigenvalue weighted by Gasteiger charge is -2.05. The molecule has 0 aliphatic heterocycles. The summed E-state index contributed by atoms with van der Waals surface area (Å²) >= 11 is 0. The summed E-state index contributed by atoms with van der Waals surface area (Å²) in [4.78, 5) is 0. The lowest BCUT2D eigenvalue weighted by Crippen LogP contribution is -1.95. The Bertz CT molecular complexity index is 728. The van der Waals surface area contributed by atoms with E-state index < -0.39 is 0 Å². The smallest absolute Gasteiger partial charge is 0.170 e. The first-order chi connectivity index (χ1) is 8.65. The van der Waals surface area contributed by atoms with Crippen LogP contribution in [0.5, 0.6) is 0 Å². The Balaban J connectivity index is 2.28. The molecule has 0 atom stereocenters. The van der Waals surface area contributed by atoms with Crippen molar-refractivity contribution in [3.05, 3.63) is 47.7 Å². The van der Waals surface area contributed by atoms with Crippen LogP contribution in [0.4, 0.5) is 5.69 Å². The molecule has 2 aromatic heterocycles. The fourth-order valence-electron chi connectivity index (χ4n) is 2.04. The molecule has 3 aromatic rings. The molecular weight excluding hydrogens is 224 g/mol. The van der Waals surface area contributed by atoms with Crippen molar-refractivity contribution in [2.24, 2.45) is 0 Å². The summed E-state index contributed by atoms with van der Waals surface area (Å²) in [7, 11) is 0. The van der Waals surface area contributed by atoms with Crippen LogP contribution in [0.1, 0.15) is 11.1 Å². The van der Waals surface area contributed by atoms with Crippen molar-refractivity contribution in [2.75, 3.05) is 5.73 Å². The number of nitrogen functional groups attached to an aromatic ring is 1. The zero-order valence-corrected chi connectivity index (χ0v) is 10.4. The molecule has 0 saturated heterocycles. The molecule has 90 valence electrons. The largest absolute Gasteiger partial charge is 0.398 e. The fourth-order valence-corrected chi connectivity index (χ4v) is 2.04. The Kier molecular flexibility index (Phi) is 2.30. The van der Waals surface area contributed by atoms with E-state index in [-0.39, 0.29) is 0 Å². The van der Waals surface area contributed by atoms with E-state index in [9.17, 15) is 0 Å². The number of benzene rings is 1. The molecule has 0 spiro atoms. The van der Waals surface area contributed by atoms with Crippen LogP contribution in [0.3, 0.4) is 0 Å². The third-order valence-corrected chi connectivity index (χ3v) is 3.02. The van der Waals surface area contributed by atoms with Gasteiger partial charge in [-0.25, -0.2) is 0 Å². The molecule has 0 amide bonds. The molecule has 0 bridgehead atoms. The van der Waals surface area contributed by atoms with E-state index in [0.29, 0.717) is 0 Å². The van der Waals surface area contributed by atoms with Gasteiger partial charge in [-0.05, 0) is 43.7 Å². The van der Waals surface area contributed by atoms with E-state index in [4.69, 9.17) is 5.73 Å². The quantitative estimate of drug-likeness (QED) is 0.663. The number of aryl methyl sites for hydroxylation is 2. The number of hydrogen-bond acceptors (Lipinski definition) is 3. The molecule has 0 aliphatic rings. The van der Waals surface area contributed by atoms with Gasteiger partial charge in [0.1, 0.15) is 0 Å². The molecule has 0 saturated carbocycles. The van der Waals surface area contributed by atoms with Gasteiger partial charge in [-0.2, -0.15) is 0 Å². The molecule has 4 nitrogen and oxygen atoms in total. The molecule has 2 heterocycles. The highest BCUT2D eigenvalue weighted by atomic mass is 15.2. The Labute approximate surface area is 105 Å². The van der Waals surface area contributed by atoms with Gasteiger partial charge in [0.25, 0.3) is 0 Å². The molecule has 0 fully saturated rings. The summed E-state index contributed by atoms with van der Waals surface area (Å²) in [5, 5.41) is 8.43. The third kappa shape index (κ3) is 1.62. The topological polar surface area (TPSA) is 56.2 Å². The first-order valence-electron chi connectivity index (χ1n) is 5.83. The number of rotatable bonds is 1. The normalized spacial score (nSPS) is 11.0. The maximum absolute atomic E-state index is 6.02. The molecule has 0 radical (unpaired) electrons. The highest BCUT2D eigenvalue weighted by molar-refractivity contribution is 5.73. The van der Waals surface area contributed by atoms with Crippen LogP contribution < -0.4 is 5.73 Å². The zero-order valence-electron chi connectivity index (χ0n) is 10.4. The van der Waals surface area contributed by atoms with E-state index in [0.717, 1.165) is 28.3 Å². The summed E-state index contributed by atoms with van der Waals surface area (Å²) in [6, 6.07) is 9.96. The summed E-state index contributed by atoms with van der Waals surface area (Å²) in [6.45, 7) is 4.08. The lowest BCUT2D eigenvalue weighted by molar-refractivity contribution is 1.11. The minimum Gasteiger partial charge on any atom is -0.398 e. The molecule has 0 aliphatic carbocycles. The Morgan fingerprint density at radius 3 is 2.61 bits per heavy atom. The van der Waals surface area contributed by atoms with Crippen LogP contribution in [0.15, 0.2) is 36.5 Å². The Morgan fingerprint density at radius 1 is 1.00 bits per heavy atom. The predicted molar refractivity (Wildman–Crippen MR) is 72.3 cm³/mol. The van der Waals surface area contributed by atoms with E-state index in [1.165, 1.54) is 5.56 Å². The summed E-state index contributed by atoms with van der Waals surface area (Å²) < 4.78 is 1.96. The molecule has 3 rings (SSSR count). The highest BCUT2D eigenvalue weighted by Crippen LogP contribution is 2.25. The summed E-state index contributed by atoms with van der Waals surface area (Å²) in [5.74, 6) is 0.784. The molecule has 4 heteroatoms. The molecule has 1 aromatic carbocycles. The SMILES string of the molecule is Cc1ccc(N)c(-c2nnc3cc(C)ccn23)c1.